The minimum absolute atomic E-state index is 0.0380. The normalized spacial score (nSPS) is 14.0. The molecule has 0 bridgehead atoms. The lowest BCUT2D eigenvalue weighted by molar-refractivity contribution is -0.192. The van der Waals surface area contributed by atoms with Gasteiger partial charge in [0.15, 0.2) is 17.9 Å². The van der Waals surface area contributed by atoms with Gasteiger partial charge in [-0.25, -0.2) is 9.59 Å². The van der Waals surface area contributed by atoms with E-state index in [-0.39, 0.29) is 76.0 Å². The standard InChI is InChI=1S/C52H87N19O24.C2HF3O2/c1-23(72)39(48(93)69-30(11-17-36(79)80)45(90)67-29(10-16-35(77)78)46(91)70-32(49(94)95)13-19-38(83)84)71-47(92)31(12-18-37(81)82)68-44(89)28(9-15-34(75)76)66-43(88)27(8-14-33(73)74)65-42(87)26(7-4-22-62-52(58)59)64-41(86)25(6-3-21-61-51(56)57)63-40(85)24(53)5-2-20-60-50(54)55;3-2(4,5)1(6)7/h23-32,39,72H,2-22,53H2,1H3,(H,63,85)(H,64,86)(H,65,87)(H,66,88)(H,67,90)(H,68,89)(H,69,93)(H,70,91)(H,71,92)(H,73,74)(H,75,76)(H,77,78)(H,79,80)(H,81,82)(H,83,84)(H,94,95)(H4,54,55,60)(H4,56,57,61)(H4,58,59,62);(H,6,7)/t23-,24+,25+,26+,27+,28+,29+,30+,31+,32+,39+;/m1./s1. The van der Waals surface area contributed by atoms with Gasteiger partial charge in [-0.3, -0.25) is 86.9 Å². The molecule has 11 atom stereocenters. The molecule has 9 amide bonds. The molecule has 0 heterocycles. The summed E-state index contributed by atoms with van der Waals surface area (Å²) in [6.45, 7) is 0.812. The van der Waals surface area contributed by atoms with E-state index in [9.17, 15) is 126 Å². The van der Waals surface area contributed by atoms with Crippen molar-refractivity contribution in [3.63, 3.8) is 0 Å². The van der Waals surface area contributed by atoms with Gasteiger partial charge >= 0.3 is 53.9 Å². The summed E-state index contributed by atoms with van der Waals surface area (Å²) in [6.07, 6.45) is -17.4. The number of aliphatic imine (C=N–C) groups is 3. The van der Waals surface area contributed by atoms with Crippen molar-refractivity contribution in [1.82, 2.24) is 47.9 Å². The Hall–Kier alpha value is -11.5. The Bertz CT molecular complexity index is 3020. The van der Waals surface area contributed by atoms with E-state index in [1.165, 1.54) is 0 Å². The Labute approximate surface area is 575 Å². The number of guanidine groups is 3. The van der Waals surface area contributed by atoms with Gasteiger partial charge in [-0.1, -0.05) is 0 Å². The molecule has 0 spiro atoms. The van der Waals surface area contributed by atoms with Crippen LogP contribution in [0.5, 0.6) is 0 Å². The molecule has 45 nitrogen and oxygen atoms in total. The summed E-state index contributed by atoms with van der Waals surface area (Å²) in [4.78, 5) is 227. The first kappa shape index (κ1) is 92.6. The van der Waals surface area contributed by atoms with E-state index < -0.39 is 251 Å². The molecule has 0 unspecified atom stereocenters. The SMILES string of the molecule is C[C@@H](O)[C@H](NC(=O)[C@H](CCC(=O)O)NC(=O)[C@H](CCC(=O)O)NC(=O)[C@H](CCC(=O)O)NC(=O)[C@H](CCCN=C(N)N)NC(=O)[C@H](CCCN=C(N)N)NC(=O)[C@@H](N)CCCN=C(N)N)C(=O)N[C@@H](CCC(=O)O)C(=O)N[C@@H](CCC(=O)O)C(=O)N[C@@H](CCC(=O)O)C(=O)O.O=C(O)C(F)(F)F. The van der Waals surface area contributed by atoms with Crippen molar-refractivity contribution < 1.29 is 141 Å². The number of hydrogen-bond acceptors (Lipinski definition) is 22. The van der Waals surface area contributed by atoms with Crippen LogP contribution in [0.15, 0.2) is 15.0 Å². The predicted molar refractivity (Wildman–Crippen MR) is 339 cm³/mol. The van der Waals surface area contributed by atoms with Gasteiger partial charge in [-0.05, 0) is 84.0 Å². The number of halogens is 3. The second-order valence-electron chi connectivity index (χ2n) is 21.9. The molecule has 576 valence electrons. The molecule has 0 fully saturated rings. The second kappa shape index (κ2) is 48.3. The lowest BCUT2D eigenvalue weighted by Crippen LogP contribution is -2.62. The summed E-state index contributed by atoms with van der Waals surface area (Å²) in [5.74, 6) is -26.3. The topological polar surface area (TPSA) is 800 Å². The summed E-state index contributed by atoms with van der Waals surface area (Å²) in [5.41, 5.74) is 38.5. The first-order valence-corrected chi connectivity index (χ1v) is 30.5. The van der Waals surface area contributed by atoms with Gasteiger partial charge < -0.3 is 134 Å². The Morgan fingerprint density at radius 3 is 0.765 bits per heavy atom. The third kappa shape index (κ3) is 43.0. The van der Waals surface area contributed by atoms with Crippen LogP contribution in [0.3, 0.4) is 0 Å². The number of aliphatic hydroxyl groups is 1. The van der Waals surface area contributed by atoms with Gasteiger partial charge in [-0.2, -0.15) is 13.2 Å². The molecular formula is C54H88F3N19O26. The Morgan fingerprint density at radius 2 is 0.539 bits per heavy atom. The molecule has 32 N–H and O–H groups in total. The van der Waals surface area contributed by atoms with Crippen molar-refractivity contribution in [3.8, 4) is 0 Å². The molecule has 0 radical (unpaired) electrons. The number of carbonyl (C=O) groups is 17. The molecule has 102 heavy (non-hydrogen) atoms. The average molecular weight is 1480 g/mol. The number of amides is 9. The van der Waals surface area contributed by atoms with E-state index in [4.69, 9.17) is 55.1 Å². The minimum atomic E-state index is -5.08. The van der Waals surface area contributed by atoms with Crippen molar-refractivity contribution in [1.29, 1.82) is 0 Å². The molecule has 0 rings (SSSR count). The minimum Gasteiger partial charge on any atom is -0.481 e. The Morgan fingerprint density at radius 1 is 0.333 bits per heavy atom. The van der Waals surface area contributed by atoms with E-state index >= 15 is 0 Å². The van der Waals surface area contributed by atoms with E-state index in [1.54, 1.807) is 0 Å². The first-order valence-electron chi connectivity index (χ1n) is 30.5. The largest absolute Gasteiger partial charge is 0.490 e. The fourth-order valence-electron chi connectivity index (χ4n) is 8.24. The van der Waals surface area contributed by atoms with Crippen LogP contribution in [0, 0.1) is 0 Å². The highest BCUT2D eigenvalue weighted by Gasteiger charge is 2.39. The zero-order chi connectivity index (χ0) is 78.7. The van der Waals surface area contributed by atoms with Gasteiger partial charge in [0.2, 0.25) is 53.2 Å². The Kier molecular flexibility index (Phi) is 43.8. The van der Waals surface area contributed by atoms with Gasteiger partial charge in [0.1, 0.15) is 54.4 Å². The maximum atomic E-state index is 14.2. The van der Waals surface area contributed by atoms with E-state index in [1.807, 2.05) is 16.0 Å². The summed E-state index contributed by atoms with van der Waals surface area (Å²) >= 11 is 0. The van der Waals surface area contributed by atoms with Gasteiger partial charge in [0.05, 0.1) is 12.1 Å². The van der Waals surface area contributed by atoms with Crippen LogP contribution in [0.1, 0.15) is 122 Å². The number of carboxylic acids is 8. The van der Waals surface area contributed by atoms with Crippen LogP contribution >= 0.6 is 0 Å². The van der Waals surface area contributed by atoms with Crippen molar-refractivity contribution in [2.24, 2.45) is 55.1 Å². The van der Waals surface area contributed by atoms with Gasteiger partial charge in [-0.15, -0.1) is 0 Å². The molecule has 0 aromatic heterocycles. The van der Waals surface area contributed by atoms with Crippen molar-refractivity contribution in [3.05, 3.63) is 0 Å². The number of aliphatic hydroxyl groups excluding tert-OH is 1. The number of hydrogen-bond donors (Lipinski definition) is 25. The summed E-state index contributed by atoms with van der Waals surface area (Å²) in [7, 11) is 0. The van der Waals surface area contributed by atoms with E-state index in [0.717, 1.165) is 6.92 Å². The first-order chi connectivity index (χ1) is 47.3. The average Bonchev–Trinajstić information content (AvgIpc) is 0.848. The van der Waals surface area contributed by atoms with Crippen LogP contribution in [0.25, 0.3) is 0 Å². The van der Waals surface area contributed by atoms with Crippen molar-refractivity contribution in [2.75, 3.05) is 19.6 Å². The van der Waals surface area contributed by atoms with Crippen LogP contribution in [-0.2, 0) is 81.5 Å². The number of rotatable bonds is 50. The van der Waals surface area contributed by atoms with Crippen LogP contribution in [-0.4, -0.2) is 257 Å². The second-order valence-corrected chi connectivity index (χ2v) is 21.9. The number of aliphatic carboxylic acids is 8. The third-order valence-corrected chi connectivity index (χ3v) is 13.4. The lowest BCUT2D eigenvalue weighted by Gasteiger charge is -2.29. The van der Waals surface area contributed by atoms with Crippen molar-refractivity contribution >= 4 is 119 Å². The number of carboxylic acid groups (broad SMARTS) is 8. The molecule has 0 saturated heterocycles. The fourth-order valence-corrected chi connectivity index (χ4v) is 8.24. The van der Waals surface area contributed by atoms with Gasteiger partial charge in [0, 0.05) is 58.2 Å². The van der Waals surface area contributed by atoms with Crippen LogP contribution < -0.4 is 88.0 Å². The molecular weight excluding hydrogens is 1390 g/mol. The van der Waals surface area contributed by atoms with Crippen LogP contribution in [0.2, 0.25) is 0 Å². The summed E-state index contributed by atoms with van der Waals surface area (Å²) < 4.78 is 31.7. The molecule has 0 aliphatic heterocycles. The number of carbonyl (C=O) groups excluding carboxylic acids is 9. The molecule has 0 aliphatic rings. The zero-order valence-electron chi connectivity index (χ0n) is 54.7. The number of alkyl halides is 3. The highest BCUT2D eigenvalue weighted by Crippen LogP contribution is 2.14. The monoisotopic (exact) mass is 1480 g/mol. The molecule has 0 aliphatic carbocycles. The number of nitrogens with one attached hydrogen (secondary N) is 9. The summed E-state index contributed by atoms with van der Waals surface area (Å²) in [6, 6.07) is -18.5. The quantitative estimate of drug-likeness (QED) is 0.0153. The van der Waals surface area contributed by atoms with E-state index in [0.29, 0.717) is 0 Å². The van der Waals surface area contributed by atoms with Crippen molar-refractivity contribution in [2.45, 2.75) is 195 Å². The molecule has 48 heteroatoms. The Balaban J connectivity index is 0. The maximum Gasteiger partial charge on any atom is 0.490 e. The number of nitrogens with two attached hydrogens (primary N) is 7. The number of nitrogens with zero attached hydrogens (tertiary/aromatic N) is 3. The zero-order valence-corrected chi connectivity index (χ0v) is 54.7. The highest BCUT2D eigenvalue weighted by molar-refractivity contribution is 5.99. The lowest BCUT2D eigenvalue weighted by atomic mass is 10.0. The molecule has 0 aromatic rings. The highest BCUT2D eigenvalue weighted by atomic mass is 19.4. The smallest absolute Gasteiger partial charge is 0.481 e. The molecule has 0 aromatic carbocycles. The predicted octanol–water partition coefficient (Wildman–Crippen LogP) is -8.87. The van der Waals surface area contributed by atoms with Gasteiger partial charge in [0.25, 0.3) is 0 Å². The third-order valence-electron chi connectivity index (χ3n) is 13.4. The molecule has 0 saturated carbocycles. The van der Waals surface area contributed by atoms with Crippen LogP contribution in [0.4, 0.5) is 13.2 Å². The fraction of sp³-hybridized carbons (Fsp3) is 0.630. The summed E-state index contributed by atoms with van der Waals surface area (Å²) in [5, 5.41) is 104. The maximum absolute atomic E-state index is 14.2. The van der Waals surface area contributed by atoms with E-state index in [2.05, 4.69) is 46.9 Å².